The maximum atomic E-state index is 14.7. The number of allylic oxidation sites excluding steroid dienone is 10. The van der Waals surface area contributed by atoms with Crippen LogP contribution in [0.4, 0.5) is 0 Å². The first kappa shape index (κ1) is 102. The number of hydrogen-bond acceptors (Lipinski definition) is 25. The van der Waals surface area contributed by atoms with Gasteiger partial charge in [-0.3, -0.25) is 24.0 Å². The maximum absolute atomic E-state index is 14.7. The quantitative estimate of drug-likeness (QED) is 0.0537. The van der Waals surface area contributed by atoms with Crippen molar-refractivity contribution in [1.29, 1.82) is 0 Å². The molecule has 0 bridgehead atoms. The minimum Gasteiger partial charge on any atom is -0.462 e. The highest BCUT2D eigenvalue weighted by molar-refractivity contribution is 6.00. The molecule has 13 aliphatic rings. The number of ketones is 2. The largest absolute Gasteiger partial charge is 0.462 e. The number of benzene rings is 2. The zero-order chi connectivity index (χ0) is 94.1. The second-order valence-corrected chi connectivity index (χ2v) is 41.2. The van der Waals surface area contributed by atoms with Gasteiger partial charge in [-0.05, 0) is 279 Å². The van der Waals surface area contributed by atoms with Gasteiger partial charge >= 0.3 is 17.9 Å². The van der Waals surface area contributed by atoms with E-state index >= 15 is 0 Å². The van der Waals surface area contributed by atoms with Crippen molar-refractivity contribution in [2.75, 3.05) is 70.8 Å². The Morgan fingerprint density at radius 3 is 1.46 bits per heavy atom. The van der Waals surface area contributed by atoms with Gasteiger partial charge < -0.3 is 95.1 Å². The Balaban J connectivity index is 0.000000177. The van der Waals surface area contributed by atoms with Crippen LogP contribution in [-0.4, -0.2) is 245 Å². The van der Waals surface area contributed by atoms with Crippen LogP contribution in [-0.2, 0) is 111 Å². The first-order valence-corrected chi connectivity index (χ1v) is 49.4. The number of hydrogen-bond donors (Lipinski definition) is 0. The van der Waals surface area contributed by atoms with Crippen LogP contribution in [0.5, 0.6) is 11.5 Å². The second kappa shape index (κ2) is 46.0. The Kier molecular flexibility index (Phi) is 36.0. The number of ether oxygens (including phenoxy) is 18. The molecule has 0 amide bonds. The van der Waals surface area contributed by atoms with Crippen molar-refractivity contribution in [3.8, 4) is 11.5 Å². The van der Waals surface area contributed by atoms with Crippen molar-refractivity contribution < 1.29 is 109 Å². The van der Waals surface area contributed by atoms with E-state index in [-0.39, 0.29) is 223 Å². The van der Waals surface area contributed by atoms with Gasteiger partial charge in [0.1, 0.15) is 66.9 Å². The van der Waals surface area contributed by atoms with Crippen LogP contribution in [0.15, 0.2) is 113 Å². The standard InChI is InChI=1S/C42H67NO10.C41H65NO10.C23H26O3/c1-11-26-13-12-14-35(53-37-16-15-34(43(6)7)24(4)49-37)23(3)38(45)33-20-31-29(32(33)21-36(44)51-26)17-22(2)28-18-27(19-30(28)31)52-42-41(48-10)40(47-9)39(46-8)25(5)50-42;1-10-26-12-11-13-34(52-36-17-16-33(42(5)6)23(3)48-36)22(2)37(44)32-20-30-28(31(32)21-35(43)50-26)15-14-25-18-27(19-29(25)30)51-41-40(47-9)39(46-8)38(45-7)24(4)49-41;1-16(2)13-20-21(23(20,3)4)22(24)25-15-17-9-8-12-19(14-17)26-18-10-6-5-7-11-18/h17,20,23-32,34-35,37,39-42H,11-16,18-19,21H2,1-10H3;14-15,20,22-31,33-34,36,38-41H,10-13,16-19,21H2,1-9H3;5-14,20-21H,15H2,1-4H3/t23-,24-,25+,26+,27-,28+,29-,30-,31-,32+,34+,35+,37+,39+,40-,41-,42+;22-,23-,24+,25-,26+,27-,28-,29-,30-,31+,33+,34+,36+,38+,39-,40-,41+;/m11./s1. The minimum atomic E-state index is -0.598. The van der Waals surface area contributed by atoms with Gasteiger partial charge in [-0.2, -0.15) is 0 Å². The van der Waals surface area contributed by atoms with E-state index in [9.17, 15) is 24.0 Å². The van der Waals surface area contributed by atoms with Crippen molar-refractivity contribution >= 4 is 29.5 Å². The molecule has 25 nitrogen and oxygen atoms in total. The fourth-order valence-corrected chi connectivity index (χ4v) is 24.5. The molecule has 6 saturated heterocycles. The van der Waals surface area contributed by atoms with E-state index in [2.05, 4.69) is 137 Å². The highest BCUT2D eigenvalue weighted by Crippen LogP contribution is 2.61. The summed E-state index contributed by atoms with van der Waals surface area (Å²) in [6, 6.07) is 18.0. The van der Waals surface area contributed by atoms with Gasteiger partial charge in [0.25, 0.3) is 0 Å². The number of fused-ring (bicyclic) bond motifs is 10. The van der Waals surface area contributed by atoms with E-state index in [1.807, 2.05) is 82.3 Å². The number of nitrogens with zero attached hydrogens (tertiary/aromatic N) is 2. The van der Waals surface area contributed by atoms with E-state index in [4.69, 9.17) is 85.3 Å². The van der Waals surface area contributed by atoms with Gasteiger partial charge in [0.15, 0.2) is 36.7 Å². The molecule has 6 heterocycles. The van der Waals surface area contributed by atoms with Crippen molar-refractivity contribution in [3.05, 3.63) is 119 Å². The summed E-state index contributed by atoms with van der Waals surface area (Å²) >= 11 is 0. The summed E-state index contributed by atoms with van der Waals surface area (Å²) < 4.78 is 111. The number of methoxy groups -OCH3 is 6. The first-order chi connectivity index (χ1) is 62.7. The summed E-state index contributed by atoms with van der Waals surface area (Å²) in [7, 11) is 18.3. The molecule has 0 radical (unpaired) electrons. The molecule has 131 heavy (non-hydrogen) atoms. The first-order valence-electron chi connectivity index (χ1n) is 49.4. The van der Waals surface area contributed by atoms with Crippen LogP contribution < -0.4 is 4.74 Å². The molecule has 25 heteroatoms. The lowest BCUT2D eigenvalue weighted by molar-refractivity contribution is -0.314. The number of para-hydroxylation sites is 1. The highest BCUT2D eigenvalue weighted by Gasteiger charge is 2.62. The summed E-state index contributed by atoms with van der Waals surface area (Å²) in [6.45, 7) is 27.2. The predicted octanol–water partition coefficient (Wildman–Crippen LogP) is 17.1. The fourth-order valence-electron chi connectivity index (χ4n) is 24.5. The number of carbonyl (C=O) groups excluding carboxylic acids is 5. The molecule has 3 saturated carbocycles. The number of Topliss-reactive ketones (excluding diaryl/α,β-unsaturated/α-hetero) is 2. The SMILES string of the molecule is CC(C)=CC1C(C(=O)OCc2cccc(Oc3ccccc3)c2)C1(C)C.CC[C@H]1CCC[C@H](O[C@H]2CC[C@H](N(C)C)[C@@H](C)O2)[C@@H](C)C(=O)C2=C[C@@H]3[C@@H](C=C(C)[C@@H]4C[C@@H](O[C@@H]5O[C@@H](C)[C@H](OC)[C@@H](OC)[C@H]5OC)C[C@@H]34)[C@@H]2CC(=O)O1.CC[C@H]1CCC[C@H](O[C@H]2CC[C@H](N(C)C)[C@@H](C)O2)[C@@H](C)C(=O)C2=C[C@@H]3[C@@H](C=C[C@@H]4C[C@@H](O[C@@H]5O[C@@H](C)[C@H](OC)[C@@H](OC)[C@H]5OC)C[C@@H]34)[C@@H]2CC(=O)O1. The average molecular weight is 1830 g/mol. The van der Waals surface area contributed by atoms with Crippen molar-refractivity contribution in [2.24, 2.45) is 88.3 Å². The Morgan fingerprint density at radius 2 is 0.977 bits per heavy atom. The van der Waals surface area contributed by atoms with Crippen LogP contribution in [0.3, 0.4) is 0 Å². The molecule has 7 aliphatic carbocycles. The Morgan fingerprint density at radius 1 is 0.496 bits per heavy atom. The van der Waals surface area contributed by atoms with E-state index in [0.29, 0.717) is 36.8 Å². The highest BCUT2D eigenvalue weighted by atomic mass is 16.7. The third-order valence-electron chi connectivity index (χ3n) is 31.8. The summed E-state index contributed by atoms with van der Waals surface area (Å²) in [4.78, 5) is 73.4. The van der Waals surface area contributed by atoms with E-state index < -0.39 is 24.8 Å². The van der Waals surface area contributed by atoms with Crippen LogP contribution in [0.2, 0.25) is 0 Å². The normalized spacial score (nSPS) is 40.5. The molecule has 2 aromatic carbocycles. The van der Waals surface area contributed by atoms with Gasteiger partial charge in [0.2, 0.25) is 0 Å². The second-order valence-electron chi connectivity index (χ2n) is 41.2. The molecule has 9 fully saturated rings. The Labute approximate surface area is 781 Å². The number of carbonyl (C=O) groups is 5. The lowest BCUT2D eigenvalue weighted by Crippen LogP contribution is -2.59. The lowest BCUT2D eigenvalue weighted by Gasteiger charge is -2.44. The zero-order valence-corrected chi connectivity index (χ0v) is 82.7. The van der Waals surface area contributed by atoms with Crippen LogP contribution in [0.25, 0.3) is 0 Å². The zero-order valence-electron chi connectivity index (χ0n) is 82.7. The van der Waals surface area contributed by atoms with Crippen LogP contribution in [0.1, 0.15) is 211 Å². The number of esters is 3. The fraction of sp³-hybridized carbons (Fsp3) is 0.745. The molecule has 36 atom stereocenters. The number of cyclic esters (lactones) is 2. The number of rotatable bonds is 24. The minimum absolute atomic E-state index is 0.0212. The third-order valence-corrected chi connectivity index (χ3v) is 31.8. The summed E-state index contributed by atoms with van der Waals surface area (Å²) in [5.41, 5.74) is 4.98. The smallest absolute Gasteiger partial charge is 0.310 e. The van der Waals surface area contributed by atoms with E-state index in [1.54, 1.807) is 42.7 Å². The van der Waals surface area contributed by atoms with Gasteiger partial charge in [0.05, 0.1) is 67.6 Å². The van der Waals surface area contributed by atoms with E-state index in [0.717, 1.165) is 118 Å². The molecule has 2 unspecified atom stereocenters. The van der Waals surface area contributed by atoms with Crippen LogP contribution >= 0.6 is 0 Å². The van der Waals surface area contributed by atoms with Crippen LogP contribution in [0, 0.1) is 88.3 Å². The third kappa shape index (κ3) is 23.9. The topological polar surface area (TPSA) is 258 Å². The summed E-state index contributed by atoms with van der Waals surface area (Å²) in [6.07, 6.45) is 21.6. The van der Waals surface area contributed by atoms with Gasteiger partial charge in [-0.25, -0.2) is 0 Å². The Bertz CT molecular complexity index is 4250. The molecule has 0 N–H and O–H groups in total. The summed E-state index contributed by atoms with van der Waals surface area (Å²) in [5, 5.41) is 0. The lowest BCUT2D eigenvalue weighted by atomic mass is 9.67. The van der Waals surface area contributed by atoms with Gasteiger partial charge in [0, 0.05) is 78.4 Å². The van der Waals surface area contributed by atoms with Gasteiger partial charge in [-0.1, -0.05) is 119 Å². The molecule has 15 rings (SSSR count). The summed E-state index contributed by atoms with van der Waals surface area (Å²) in [5.74, 6) is 1.65. The monoisotopic (exact) mass is 1830 g/mol. The molecule has 0 aromatic heterocycles. The molecule has 2 aromatic rings. The maximum Gasteiger partial charge on any atom is 0.310 e. The molecule has 6 aliphatic heterocycles. The van der Waals surface area contributed by atoms with Crippen molar-refractivity contribution in [2.45, 2.75) is 347 Å². The van der Waals surface area contributed by atoms with Crippen molar-refractivity contribution in [1.82, 2.24) is 9.80 Å². The van der Waals surface area contributed by atoms with Crippen molar-refractivity contribution in [3.63, 3.8) is 0 Å². The average Bonchev–Trinajstić information content (AvgIpc) is 1.44. The number of likely N-dealkylation sites (N-methyl/N-ethyl adjacent to an activating group) is 2. The Hall–Kier alpha value is -5.95. The molecule has 730 valence electrons. The predicted molar refractivity (Wildman–Crippen MR) is 496 cm³/mol. The van der Waals surface area contributed by atoms with Gasteiger partial charge in [-0.15, -0.1) is 0 Å². The molecule has 0 spiro atoms. The molecular weight excluding hydrogens is 1670 g/mol. The molecular formula is C106H158N2O23. The van der Waals surface area contributed by atoms with E-state index in [1.165, 1.54) is 11.1 Å².